The fourth-order valence-corrected chi connectivity index (χ4v) is 3.74. The van der Waals surface area contributed by atoms with E-state index in [1.807, 2.05) is 6.92 Å². The van der Waals surface area contributed by atoms with E-state index in [2.05, 4.69) is 46.6 Å². The molecule has 0 atom stereocenters. The zero-order valence-electron chi connectivity index (χ0n) is 11.3. The SMILES string of the molecule is CCNCc1ccc(S(=O)(=O)NCc2nn[nH]n2)c(Br)c1. The number of tetrazole rings is 1. The zero-order valence-corrected chi connectivity index (χ0v) is 13.7. The van der Waals surface area contributed by atoms with Crippen molar-refractivity contribution < 1.29 is 8.42 Å². The van der Waals surface area contributed by atoms with E-state index in [4.69, 9.17) is 0 Å². The molecule has 0 amide bonds. The Morgan fingerprint density at radius 2 is 2.14 bits per heavy atom. The molecule has 0 fully saturated rings. The van der Waals surface area contributed by atoms with Crippen LogP contribution < -0.4 is 10.0 Å². The molecule has 0 unspecified atom stereocenters. The van der Waals surface area contributed by atoms with Crippen molar-refractivity contribution in [3.05, 3.63) is 34.1 Å². The van der Waals surface area contributed by atoms with Gasteiger partial charge in [-0.3, -0.25) is 0 Å². The van der Waals surface area contributed by atoms with Crippen LogP contribution >= 0.6 is 15.9 Å². The fraction of sp³-hybridized carbons (Fsp3) is 0.364. The Morgan fingerprint density at radius 3 is 2.76 bits per heavy atom. The van der Waals surface area contributed by atoms with Crippen LogP contribution in [0.1, 0.15) is 18.3 Å². The molecule has 10 heteroatoms. The lowest BCUT2D eigenvalue weighted by atomic mass is 10.2. The number of sulfonamides is 1. The molecular formula is C11H15BrN6O2S. The molecule has 0 spiro atoms. The minimum absolute atomic E-state index is 0.0234. The van der Waals surface area contributed by atoms with Crippen LogP contribution in [0.25, 0.3) is 0 Å². The Morgan fingerprint density at radius 1 is 1.33 bits per heavy atom. The van der Waals surface area contributed by atoms with Crippen LogP contribution in [0.15, 0.2) is 27.6 Å². The predicted molar refractivity (Wildman–Crippen MR) is 79.7 cm³/mol. The van der Waals surface area contributed by atoms with Crippen LogP contribution in [0.5, 0.6) is 0 Å². The van der Waals surface area contributed by atoms with E-state index >= 15 is 0 Å². The molecule has 0 radical (unpaired) electrons. The van der Waals surface area contributed by atoms with Gasteiger partial charge >= 0.3 is 0 Å². The number of aromatic nitrogens is 4. The van der Waals surface area contributed by atoms with Crippen LogP contribution in [0.2, 0.25) is 0 Å². The molecule has 0 bridgehead atoms. The lowest BCUT2D eigenvalue weighted by Gasteiger charge is -2.09. The summed E-state index contributed by atoms with van der Waals surface area (Å²) in [6, 6.07) is 5.12. The van der Waals surface area contributed by atoms with Crippen molar-refractivity contribution in [1.82, 2.24) is 30.7 Å². The highest BCUT2D eigenvalue weighted by Gasteiger charge is 2.18. The lowest BCUT2D eigenvalue weighted by Crippen LogP contribution is -2.24. The van der Waals surface area contributed by atoms with Crippen molar-refractivity contribution in [1.29, 1.82) is 0 Å². The van der Waals surface area contributed by atoms with E-state index < -0.39 is 10.0 Å². The van der Waals surface area contributed by atoms with Gasteiger partial charge in [0.15, 0.2) is 5.82 Å². The Balaban J connectivity index is 2.12. The molecule has 1 aromatic carbocycles. The van der Waals surface area contributed by atoms with Gasteiger partial charge in [0.1, 0.15) is 0 Å². The van der Waals surface area contributed by atoms with Gasteiger partial charge in [0.2, 0.25) is 10.0 Å². The quantitative estimate of drug-likeness (QED) is 0.652. The first-order chi connectivity index (χ1) is 10.0. The van der Waals surface area contributed by atoms with Crippen molar-refractivity contribution in [3.63, 3.8) is 0 Å². The molecule has 0 aliphatic rings. The second-order valence-corrected chi connectivity index (χ2v) is 6.79. The molecular weight excluding hydrogens is 360 g/mol. The maximum Gasteiger partial charge on any atom is 0.242 e. The first-order valence-corrected chi connectivity index (χ1v) is 8.51. The van der Waals surface area contributed by atoms with Gasteiger partial charge in [-0.25, -0.2) is 13.1 Å². The normalized spacial score (nSPS) is 11.7. The number of benzene rings is 1. The third-order valence-corrected chi connectivity index (χ3v) is 5.05. The van der Waals surface area contributed by atoms with E-state index in [1.165, 1.54) is 0 Å². The standard InChI is InChI=1S/C11H15BrN6O2S/c1-2-13-6-8-3-4-10(9(12)5-8)21(19,20)14-7-11-15-17-18-16-11/h3-5,13-14H,2,6-7H2,1H3,(H,15,16,17,18). The Kier molecular flexibility index (Phi) is 5.39. The van der Waals surface area contributed by atoms with Crippen molar-refractivity contribution >= 4 is 26.0 Å². The number of nitrogens with zero attached hydrogens (tertiary/aromatic N) is 3. The van der Waals surface area contributed by atoms with Crippen LogP contribution in [-0.4, -0.2) is 35.6 Å². The van der Waals surface area contributed by atoms with Crippen LogP contribution in [-0.2, 0) is 23.1 Å². The lowest BCUT2D eigenvalue weighted by molar-refractivity contribution is 0.578. The summed E-state index contributed by atoms with van der Waals surface area (Å²) in [4.78, 5) is 0.172. The molecule has 0 aliphatic carbocycles. The van der Waals surface area contributed by atoms with E-state index in [9.17, 15) is 8.42 Å². The maximum absolute atomic E-state index is 12.2. The van der Waals surface area contributed by atoms with Gasteiger partial charge in [-0.05, 0) is 40.2 Å². The van der Waals surface area contributed by atoms with Crippen LogP contribution in [0.3, 0.4) is 0 Å². The molecule has 8 nitrogen and oxygen atoms in total. The number of H-pyrrole nitrogens is 1. The first-order valence-electron chi connectivity index (χ1n) is 6.24. The molecule has 1 aromatic heterocycles. The average Bonchev–Trinajstić information content (AvgIpc) is 2.96. The van der Waals surface area contributed by atoms with E-state index in [0.29, 0.717) is 11.0 Å². The number of rotatable bonds is 7. The number of nitrogens with one attached hydrogen (secondary N) is 3. The summed E-state index contributed by atoms with van der Waals surface area (Å²) in [5.74, 6) is 0.276. The largest absolute Gasteiger partial charge is 0.313 e. The Hall–Kier alpha value is -1.36. The minimum atomic E-state index is -3.64. The highest BCUT2D eigenvalue weighted by atomic mass is 79.9. The average molecular weight is 375 g/mol. The fourth-order valence-electron chi connectivity index (χ4n) is 1.64. The Bertz CT molecular complexity index is 689. The summed E-state index contributed by atoms with van der Waals surface area (Å²) in [6.07, 6.45) is 0. The zero-order chi connectivity index (χ0) is 15.3. The molecule has 2 aromatic rings. The van der Waals surface area contributed by atoms with E-state index in [1.54, 1.807) is 18.2 Å². The third-order valence-electron chi connectivity index (χ3n) is 2.67. The van der Waals surface area contributed by atoms with Crippen molar-refractivity contribution in [2.75, 3.05) is 6.54 Å². The smallest absolute Gasteiger partial charge is 0.242 e. The highest BCUT2D eigenvalue weighted by molar-refractivity contribution is 9.10. The monoisotopic (exact) mass is 374 g/mol. The van der Waals surface area contributed by atoms with Crippen molar-refractivity contribution in [3.8, 4) is 0 Å². The van der Waals surface area contributed by atoms with Gasteiger partial charge in [-0.1, -0.05) is 18.2 Å². The van der Waals surface area contributed by atoms with Crippen molar-refractivity contribution in [2.45, 2.75) is 24.9 Å². The molecule has 0 aliphatic heterocycles. The molecule has 0 saturated carbocycles. The van der Waals surface area contributed by atoms with Crippen LogP contribution in [0.4, 0.5) is 0 Å². The van der Waals surface area contributed by atoms with Gasteiger partial charge in [-0.15, -0.1) is 10.2 Å². The van der Waals surface area contributed by atoms with E-state index in [0.717, 1.165) is 12.1 Å². The van der Waals surface area contributed by atoms with Gasteiger partial charge < -0.3 is 5.32 Å². The summed E-state index contributed by atoms with van der Waals surface area (Å²) in [6.45, 7) is 3.52. The first kappa shape index (κ1) is 16.0. The second kappa shape index (κ2) is 7.07. The molecule has 3 N–H and O–H groups in total. The molecule has 0 saturated heterocycles. The maximum atomic E-state index is 12.2. The molecule has 1 heterocycles. The summed E-state index contributed by atoms with van der Waals surface area (Å²) >= 11 is 3.30. The second-order valence-electron chi connectivity index (χ2n) is 4.20. The van der Waals surface area contributed by atoms with Gasteiger partial charge in [0.05, 0.1) is 11.4 Å². The summed E-state index contributed by atoms with van der Waals surface area (Å²) in [5, 5.41) is 16.2. The van der Waals surface area contributed by atoms with Gasteiger partial charge in [-0.2, -0.15) is 5.21 Å². The number of aromatic amines is 1. The summed E-state index contributed by atoms with van der Waals surface area (Å²) in [5.41, 5.74) is 1.00. The predicted octanol–water partition coefficient (Wildman–Crippen LogP) is 0.550. The number of hydrogen-bond acceptors (Lipinski definition) is 6. The van der Waals surface area contributed by atoms with Gasteiger partial charge in [0.25, 0.3) is 0 Å². The highest BCUT2D eigenvalue weighted by Crippen LogP contribution is 2.23. The molecule has 2 rings (SSSR count). The van der Waals surface area contributed by atoms with Crippen molar-refractivity contribution in [2.24, 2.45) is 0 Å². The van der Waals surface area contributed by atoms with Crippen LogP contribution in [0, 0.1) is 0 Å². The number of halogens is 1. The molecule has 21 heavy (non-hydrogen) atoms. The van der Waals surface area contributed by atoms with E-state index in [-0.39, 0.29) is 17.3 Å². The topological polar surface area (TPSA) is 113 Å². The minimum Gasteiger partial charge on any atom is -0.313 e. The third kappa shape index (κ3) is 4.30. The number of hydrogen-bond donors (Lipinski definition) is 3. The van der Waals surface area contributed by atoms with Gasteiger partial charge in [0, 0.05) is 11.0 Å². The Labute approximate surface area is 130 Å². The molecule has 114 valence electrons. The summed E-state index contributed by atoms with van der Waals surface area (Å²) < 4.78 is 27.4. The summed E-state index contributed by atoms with van der Waals surface area (Å²) in [7, 11) is -3.64.